The van der Waals surface area contributed by atoms with Crippen LogP contribution in [0, 0.1) is 0 Å². The van der Waals surface area contributed by atoms with E-state index in [1.54, 1.807) is 0 Å². The molecule has 0 unspecified atom stereocenters. The largest absolute Gasteiger partial charge is 0.416 e. The van der Waals surface area contributed by atoms with Gasteiger partial charge in [0.1, 0.15) is 0 Å². The smallest absolute Gasteiger partial charge is 0.300 e. The normalized spacial score (nSPS) is 18.4. The van der Waals surface area contributed by atoms with Crippen LogP contribution in [0.25, 0.3) is 0 Å². The molecule has 1 aliphatic heterocycles. The Kier molecular flexibility index (Phi) is 5.05. The van der Waals surface area contributed by atoms with E-state index >= 15 is 0 Å². The number of alkyl halides is 3. The lowest BCUT2D eigenvalue weighted by molar-refractivity contribution is -0.137. The Morgan fingerprint density at radius 3 is 2.33 bits per heavy atom. The summed E-state index contributed by atoms with van der Waals surface area (Å²) in [5.74, 6) is -1.09. The molecule has 2 aromatic rings. The Morgan fingerprint density at radius 1 is 1.11 bits per heavy atom. The van der Waals surface area contributed by atoms with Gasteiger partial charge in [0.05, 0.1) is 17.4 Å². The Labute approximate surface area is 158 Å². The molecule has 0 spiro atoms. The molecule has 0 saturated carbocycles. The van der Waals surface area contributed by atoms with E-state index in [2.05, 4.69) is 0 Å². The van der Waals surface area contributed by atoms with Crippen LogP contribution >= 0.6 is 11.6 Å². The van der Waals surface area contributed by atoms with Crippen LogP contribution in [0.15, 0.2) is 60.0 Å². The Bertz CT molecular complexity index is 1000. The van der Waals surface area contributed by atoms with Gasteiger partial charge in [-0.3, -0.25) is 4.79 Å². The second-order valence-corrected chi connectivity index (χ2v) is 8.32. The molecule has 0 N–H and O–H groups in total. The SMILES string of the molecule is O=C(c1cccc(C(F)(F)F)c1)N(c1ccc(Cl)cc1)[C@@H]1C=CS(=O)(=O)C1. The number of sulfone groups is 1. The third-order valence-corrected chi connectivity index (χ3v) is 5.63. The first-order valence-corrected chi connectivity index (χ1v) is 9.83. The van der Waals surface area contributed by atoms with Crippen molar-refractivity contribution in [3.8, 4) is 0 Å². The number of anilines is 1. The summed E-state index contributed by atoms with van der Waals surface area (Å²) in [6.07, 6.45) is -3.26. The van der Waals surface area contributed by atoms with Crippen LogP contribution in [0.1, 0.15) is 15.9 Å². The fraction of sp³-hybridized carbons (Fsp3) is 0.167. The predicted octanol–water partition coefficient (Wildman–Crippen LogP) is 4.32. The van der Waals surface area contributed by atoms with Crippen LogP contribution in [0.4, 0.5) is 18.9 Å². The molecule has 0 aromatic heterocycles. The summed E-state index contributed by atoms with van der Waals surface area (Å²) in [5.41, 5.74) is -0.829. The summed E-state index contributed by atoms with van der Waals surface area (Å²) in [6, 6.07) is 9.21. The van der Waals surface area contributed by atoms with E-state index < -0.39 is 33.5 Å². The minimum atomic E-state index is -4.60. The van der Waals surface area contributed by atoms with Gasteiger partial charge in [0.25, 0.3) is 5.91 Å². The highest BCUT2D eigenvalue weighted by molar-refractivity contribution is 7.94. The van der Waals surface area contributed by atoms with Crippen LogP contribution in [-0.4, -0.2) is 26.1 Å². The Hall–Kier alpha value is -2.32. The van der Waals surface area contributed by atoms with Gasteiger partial charge in [0.15, 0.2) is 9.84 Å². The number of amides is 1. The summed E-state index contributed by atoms with van der Waals surface area (Å²) in [4.78, 5) is 14.2. The van der Waals surface area contributed by atoms with Crippen molar-refractivity contribution in [1.82, 2.24) is 0 Å². The monoisotopic (exact) mass is 415 g/mol. The quantitative estimate of drug-likeness (QED) is 0.750. The van der Waals surface area contributed by atoms with Gasteiger partial charge in [0.2, 0.25) is 0 Å². The van der Waals surface area contributed by atoms with Gasteiger partial charge in [-0.25, -0.2) is 8.42 Å². The number of hydrogen-bond acceptors (Lipinski definition) is 3. The van der Waals surface area contributed by atoms with Crippen LogP contribution in [0.5, 0.6) is 0 Å². The van der Waals surface area contributed by atoms with Gasteiger partial charge in [-0.05, 0) is 48.5 Å². The minimum absolute atomic E-state index is 0.197. The molecule has 0 bridgehead atoms. The number of nitrogens with zero attached hydrogens (tertiary/aromatic N) is 1. The number of hydrogen-bond donors (Lipinski definition) is 0. The van der Waals surface area contributed by atoms with Crippen molar-refractivity contribution in [2.24, 2.45) is 0 Å². The molecule has 3 rings (SSSR count). The fourth-order valence-corrected chi connectivity index (χ4v) is 4.14. The maximum absolute atomic E-state index is 13.0. The molecule has 1 amide bonds. The van der Waals surface area contributed by atoms with Crippen molar-refractivity contribution < 1.29 is 26.4 Å². The van der Waals surface area contributed by atoms with Gasteiger partial charge < -0.3 is 4.90 Å². The highest BCUT2D eigenvalue weighted by atomic mass is 35.5. The second kappa shape index (κ2) is 7.01. The molecular weight excluding hydrogens is 403 g/mol. The highest BCUT2D eigenvalue weighted by Gasteiger charge is 2.34. The zero-order chi connectivity index (χ0) is 19.8. The zero-order valence-corrected chi connectivity index (χ0v) is 15.2. The average molecular weight is 416 g/mol. The molecule has 0 fully saturated rings. The second-order valence-electron chi connectivity index (χ2n) is 5.96. The molecule has 2 aromatic carbocycles. The maximum atomic E-state index is 13.0. The van der Waals surface area contributed by atoms with E-state index in [1.165, 1.54) is 36.4 Å². The standard InChI is InChI=1S/C18H13ClF3NO3S/c19-14-4-6-15(7-5-14)23(16-8-9-27(25,26)11-16)17(24)12-2-1-3-13(10-12)18(20,21)22/h1-10,16H,11H2/t16-/m1/s1. The van der Waals surface area contributed by atoms with Crippen LogP contribution in [-0.2, 0) is 16.0 Å². The van der Waals surface area contributed by atoms with E-state index in [1.807, 2.05) is 0 Å². The van der Waals surface area contributed by atoms with Gasteiger partial charge in [0, 0.05) is 21.7 Å². The molecule has 0 radical (unpaired) electrons. The Morgan fingerprint density at radius 2 is 1.78 bits per heavy atom. The first-order valence-electron chi connectivity index (χ1n) is 7.74. The average Bonchev–Trinajstić information content (AvgIpc) is 2.95. The molecule has 9 heteroatoms. The number of benzene rings is 2. The van der Waals surface area contributed by atoms with Crippen molar-refractivity contribution in [2.45, 2.75) is 12.2 Å². The van der Waals surface area contributed by atoms with Crippen LogP contribution in [0.2, 0.25) is 5.02 Å². The summed E-state index contributed by atoms with van der Waals surface area (Å²) in [7, 11) is -3.48. The molecule has 1 aliphatic rings. The first kappa shape index (κ1) is 19.4. The van der Waals surface area contributed by atoms with Crippen molar-refractivity contribution in [2.75, 3.05) is 10.7 Å². The summed E-state index contributed by atoms with van der Waals surface area (Å²) in [5, 5.41) is 1.40. The van der Waals surface area contributed by atoms with Gasteiger partial charge >= 0.3 is 6.18 Å². The summed E-state index contributed by atoms with van der Waals surface area (Å²) >= 11 is 5.85. The van der Waals surface area contributed by atoms with Gasteiger partial charge in [-0.1, -0.05) is 17.7 Å². The molecule has 0 aliphatic carbocycles. The topological polar surface area (TPSA) is 54.5 Å². The predicted molar refractivity (Wildman–Crippen MR) is 96.4 cm³/mol. The molecule has 142 valence electrons. The summed E-state index contributed by atoms with van der Waals surface area (Å²) < 4.78 is 62.5. The van der Waals surface area contributed by atoms with E-state index in [0.29, 0.717) is 10.7 Å². The third-order valence-electron chi connectivity index (χ3n) is 4.00. The third kappa shape index (κ3) is 4.33. The minimum Gasteiger partial charge on any atom is -0.300 e. The number of rotatable bonds is 3. The highest BCUT2D eigenvalue weighted by Crippen LogP contribution is 2.31. The van der Waals surface area contributed by atoms with Crippen molar-refractivity contribution in [1.29, 1.82) is 0 Å². The lowest BCUT2D eigenvalue weighted by atomic mass is 10.1. The van der Waals surface area contributed by atoms with Crippen LogP contribution in [0.3, 0.4) is 0 Å². The fourth-order valence-electron chi connectivity index (χ4n) is 2.75. The van der Waals surface area contributed by atoms with Crippen molar-refractivity contribution in [3.63, 3.8) is 0 Å². The van der Waals surface area contributed by atoms with Gasteiger partial charge in [-0.15, -0.1) is 0 Å². The van der Waals surface area contributed by atoms with Crippen LogP contribution < -0.4 is 4.90 Å². The molecule has 0 saturated heterocycles. The molecular formula is C18H13ClF3NO3S. The molecule has 1 heterocycles. The molecule has 1 atom stereocenters. The maximum Gasteiger partial charge on any atom is 0.416 e. The first-order chi connectivity index (χ1) is 12.6. The lowest BCUT2D eigenvalue weighted by Crippen LogP contribution is -2.41. The van der Waals surface area contributed by atoms with Crippen molar-refractivity contribution in [3.05, 3.63) is 76.2 Å². The van der Waals surface area contributed by atoms with E-state index in [4.69, 9.17) is 11.6 Å². The van der Waals surface area contributed by atoms with E-state index in [9.17, 15) is 26.4 Å². The number of carbonyl (C=O) groups is 1. The van der Waals surface area contributed by atoms with E-state index in [-0.39, 0.29) is 11.3 Å². The van der Waals surface area contributed by atoms with Crippen molar-refractivity contribution >= 4 is 33.0 Å². The number of halogens is 4. The number of carbonyl (C=O) groups excluding carboxylic acids is 1. The zero-order valence-electron chi connectivity index (χ0n) is 13.7. The summed E-state index contributed by atoms with van der Waals surface area (Å²) in [6.45, 7) is 0. The van der Waals surface area contributed by atoms with E-state index in [0.717, 1.165) is 28.5 Å². The lowest BCUT2D eigenvalue weighted by Gasteiger charge is -2.28. The van der Waals surface area contributed by atoms with Gasteiger partial charge in [-0.2, -0.15) is 13.2 Å². The Balaban J connectivity index is 2.04. The molecule has 27 heavy (non-hydrogen) atoms. The molecule has 4 nitrogen and oxygen atoms in total.